The lowest BCUT2D eigenvalue weighted by molar-refractivity contribution is 0.602. The molecule has 5 heteroatoms. The summed E-state index contributed by atoms with van der Waals surface area (Å²) in [6, 6.07) is 5.75. The number of halogens is 2. The highest BCUT2D eigenvalue weighted by Crippen LogP contribution is 2.32. The summed E-state index contributed by atoms with van der Waals surface area (Å²) in [7, 11) is 0. The first-order valence-corrected chi connectivity index (χ1v) is 6.57. The summed E-state index contributed by atoms with van der Waals surface area (Å²) in [5, 5.41) is 4.10. The smallest absolute Gasteiger partial charge is 0.127 e. The van der Waals surface area contributed by atoms with Crippen LogP contribution in [0, 0.1) is 0 Å². The number of aromatic nitrogens is 2. The van der Waals surface area contributed by atoms with E-state index < -0.39 is 0 Å². The zero-order chi connectivity index (χ0) is 12.3. The number of H-pyrrole nitrogens is 1. The molecule has 2 aromatic rings. The summed E-state index contributed by atoms with van der Waals surface area (Å²) in [5.41, 5.74) is 1.01. The Labute approximate surface area is 114 Å². The molecule has 0 radical (unpaired) electrons. The molecule has 17 heavy (non-hydrogen) atoms. The molecule has 1 heterocycles. The third kappa shape index (κ3) is 2.70. The van der Waals surface area contributed by atoms with Crippen molar-refractivity contribution in [2.45, 2.75) is 13.0 Å². The third-order valence-electron chi connectivity index (χ3n) is 2.49. The molecule has 0 spiro atoms. The first-order valence-electron chi connectivity index (χ1n) is 5.40. The van der Waals surface area contributed by atoms with Gasteiger partial charge in [-0.2, -0.15) is 0 Å². The lowest BCUT2D eigenvalue weighted by Gasteiger charge is -2.18. The van der Waals surface area contributed by atoms with E-state index in [0.29, 0.717) is 0 Å². The van der Waals surface area contributed by atoms with E-state index in [1.807, 2.05) is 24.4 Å². The fourth-order valence-electron chi connectivity index (χ4n) is 1.76. The highest BCUT2D eigenvalue weighted by atomic mass is 79.9. The van der Waals surface area contributed by atoms with Crippen molar-refractivity contribution in [2.24, 2.45) is 0 Å². The van der Waals surface area contributed by atoms with Crippen molar-refractivity contribution in [1.82, 2.24) is 15.3 Å². The van der Waals surface area contributed by atoms with Crippen LogP contribution in [0.25, 0.3) is 0 Å². The van der Waals surface area contributed by atoms with Gasteiger partial charge < -0.3 is 10.3 Å². The van der Waals surface area contributed by atoms with Crippen LogP contribution in [0.5, 0.6) is 0 Å². The number of imidazole rings is 1. The van der Waals surface area contributed by atoms with Crippen LogP contribution in [0.2, 0.25) is 5.02 Å². The van der Waals surface area contributed by atoms with Gasteiger partial charge in [0.05, 0.1) is 6.04 Å². The molecule has 0 saturated carbocycles. The number of nitrogens with zero attached hydrogens (tertiary/aromatic N) is 1. The van der Waals surface area contributed by atoms with Gasteiger partial charge in [-0.15, -0.1) is 0 Å². The molecule has 90 valence electrons. The lowest BCUT2D eigenvalue weighted by atomic mass is 10.1. The van der Waals surface area contributed by atoms with Gasteiger partial charge in [0.1, 0.15) is 5.82 Å². The topological polar surface area (TPSA) is 40.7 Å². The Morgan fingerprint density at radius 2 is 2.35 bits per heavy atom. The van der Waals surface area contributed by atoms with E-state index in [9.17, 15) is 0 Å². The fourth-order valence-corrected chi connectivity index (χ4v) is 2.75. The summed E-state index contributed by atoms with van der Waals surface area (Å²) in [6.45, 7) is 2.89. The Balaban J connectivity index is 2.46. The molecule has 2 rings (SSSR count). The summed E-state index contributed by atoms with van der Waals surface area (Å²) in [6.07, 6.45) is 3.55. The maximum Gasteiger partial charge on any atom is 0.127 e. The minimum Gasteiger partial charge on any atom is -0.347 e. The Kier molecular flexibility index (Phi) is 4.20. The minimum absolute atomic E-state index is 0.0296. The maximum absolute atomic E-state index is 6.27. The third-order valence-corrected chi connectivity index (χ3v) is 3.51. The summed E-state index contributed by atoms with van der Waals surface area (Å²) < 4.78 is 0.979. The Morgan fingerprint density at radius 3 is 2.94 bits per heavy atom. The zero-order valence-corrected chi connectivity index (χ0v) is 11.7. The SMILES string of the molecule is CCNC(c1ncc[nH]1)c1c(Cl)cccc1Br. The molecule has 0 bridgehead atoms. The molecule has 2 N–H and O–H groups in total. The van der Waals surface area contributed by atoms with E-state index in [2.05, 4.69) is 38.1 Å². The molecular weight excluding hydrogens is 302 g/mol. The molecule has 0 amide bonds. The van der Waals surface area contributed by atoms with Gasteiger partial charge in [-0.05, 0) is 18.7 Å². The Morgan fingerprint density at radius 1 is 1.53 bits per heavy atom. The largest absolute Gasteiger partial charge is 0.347 e. The number of aromatic amines is 1. The van der Waals surface area contributed by atoms with Crippen molar-refractivity contribution in [3.05, 3.63) is 51.5 Å². The number of hydrogen-bond acceptors (Lipinski definition) is 2. The van der Waals surface area contributed by atoms with Gasteiger partial charge in [-0.1, -0.05) is 40.5 Å². The normalized spacial score (nSPS) is 12.6. The van der Waals surface area contributed by atoms with Crippen molar-refractivity contribution in [3.63, 3.8) is 0 Å². The fraction of sp³-hybridized carbons (Fsp3) is 0.250. The van der Waals surface area contributed by atoms with Crippen LogP contribution in [-0.2, 0) is 0 Å². The zero-order valence-electron chi connectivity index (χ0n) is 9.37. The quantitative estimate of drug-likeness (QED) is 0.906. The summed E-state index contributed by atoms with van der Waals surface area (Å²) in [5.74, 6) is 0.862. The molecular formula is C12H13BrClN3. The second-order valence-electron chi connectivity index (χ2n) is 3.60. The van der Waals surface area contributed by atoms with Crippen LogP contribution in [0.4, 0.5) is 0 Å². The van der Waals surface area contributed by atoms with E-state index in [1.165, 1.54) is 0 Å². The van der Waals surface area contributed by atoms with E-state index in [0.717, 1.165) is 27.4 Å². The number of hydrogen-bond donors (Lipinski definition) is 2. The van der Waals surface area contributed by atoms with Crippen LogP contribution in [-0.4, -0.2) is 16.5 Å². The highest BCUT2D eigenvalue weighted by molar-refractivity contribution is 9.10. The van der Waals surface area contributed by atoms with Crippen molar-refractivity contribution >= 4 is 27.5 Å². The lowest BCUT2D eigenvalue weighted by Crippen LogP contribution is -2.23. The van der Waals surface area contributed by atoms with Crippen LogP contribution in [0.15, 0.2) is 35.1 Å². The molecule has 0 aliphatic heterocycles. The predicted octanol–water partition coefficient (Wildman–Crippen LogP) is 3.52. The maximum atomic E-state index is 6.27. The number of rotatable bonds is 4. The average Bonchev–Trinajstić information content (AvgIpc) is 2.80. The summed E-state index contributed by atoms with van der Waals surface area (Å²) >= 11 is 9.80. The van der Waals surface area contributed by atoms with Crippen molar-refractivity contribution in [1.29, 1.82) is 0 Å². The minimum atomic E-state index is -0.0296. The average molecular weight is 315 g/mol. The van der Waals surface area contributed by atoms with Gasteiger partial charge in [0.2, 0.25) is 0 Å². The molecule has 0 saturated heterocycles. The first kappa shape index (κ1) is 12.6. The van der Waals surface area contributed by atoms with Crippen molar-refractivity contribution in [3.8, 4) is 0 Å². The Bertz CT molecular complexity index is 464. The summed E-state index contributed by atoms with van der Waals surface area (Å²) in [4.78, 5) is 7.42. The van der Waals surface area contributed by atoms with E-state index in [-0.39, 0.29) is 6.04 Å². The Hall–Kier alpha value is -0.840. The van der Waals surface area contributed by atoms with Crippen LogP contribution in [0.3, 0.4) is 0 Å². The van der Waals surface area contributed by atoms with Crippen LogP contribution >= 0.6 is 27.5 Å². The van der Waals surface area contributed by atoms with Gasteiger partial charge >= 0.3 is 0 Å². The van der Waals surface area contributed by atoms with Gasteiger partial charge in [0.25, 0.3) is 0 Å². The second kappa shape index (κ2) is 5.67. The van der Waals surface area contributed by atoms with Crippen molar-refractivity contribution in [2.75, 3.05) is 6.54 Å². The highest BCUT2D eigenvalue weighted by Gasteiger charge is 2.20. The molecule has 1 unspecified atom stereocenters. The molecule has 0 fully saturated rings. The van der Waals surface area contributed by atoms with E-state index >= 15 is 0 Å². The van der Waals surface area contributed by atoms with Gasteiger partial charge in [0.15, 0.2) is 0 Å². The molecule has 1 atom stereocenters. The molecule has 0 aliphatic carbocycles. The van der Waals surface area contributed by atoms with Gasteiger partial charge in [-0.25, -0.2) is 4.98 Å². The number of nitrogens with one attached hydrogen (secondary N) is 2. The molecule has 0 aliphatic rings. The second-order valence-corrected chi connectivity index (χ2v) is 4.86. The first-order chi connectivity index (χ1) is 8.24. The van der Waals surface area contributed by atoms with E-state index in [1.54, 1.807) is 6.20 Å². The van der Waals surface area contributed by atoms with Gasteiger partial charge in [0, 0.05) is 27.5 Å². The monoisotopic (exact) mass is 313 g/mol. The van der Waals surface area contributed by atoms with Crippen LogP contribution in [0.1, 0.15) is 24.4 Å². The predicted molar refractivity (Wildman–Crippen MR) is 73.3 cm³/mol. The standard InChI is InChI=1S/C12H13BrClN3/c1-2-15-11(12-16-6-7-17-12)10-8(13)4-3-5-9(10)14/h3-7,11,15H,2H2,1H3,(H,16,17). The van der Waals surface area contributed by atoms with Crippen LogP contribution < -0.4 is 5.32 Å². The molecule has 1 aromatic carbocycles. The molecule has 3 nitrogen and oxygen atoms in total. The molecule has 1 aromatic heterocycles. The van der Waals surface area contributed by atoms with E-state index in [4.69, 9.17) is 11.6 Å². The number of benzene rings is 1. The van der Waals surface area contributed by atoms with Gasteiger partial charge in [-0.3, -0.25) is 0 Å². The van der Waals surface area contributed by atoms with Crippen molar-refractivity contribution < 1.29 is 0 Å².